The molecule has 2 aromatic carbocycles. The number of para-hydroxylation sites is 3. The molecule has 0 saturated carbocycles. The van der Waals surface area contributed by atoms with Crippen molar-refractivity contribution in [1.29, 1.82) is 0 Å². The third-order valence-electron chi connectivity index (χ3n) is 5.26. The number of aromatic hydroxyl groups is 1. The van der Waals surface area contributed by atoms with E-state index < -0.39 is 0 Å². The molecule has 0 radical (unpaired) electrons. The van der Waals surface area contributed by atoms with E-state index in [0.29, 0.717) is 18.9 Å². The molecule has 2 aliphatic heterocycles. The van der Waals surface area contributed by atoms with Crippen LogP contribution in [0, 0.1) is 0 Å². The van der Waals surface area contributed by atoms with Crippen molar-refractivity contribution < 1.29 is 14.6 Å². The number of piperazine rings is 1. The van der Waals surface area contributed by atoms with Gasteiger partial charge >= 0.3 is 0 Å². The molecule has 0 aliphatic carbocycles. The van der Waals surface area contributed by atoms with Crippen LogP contribution in [0.4, 0.5) is 5.69 Å². The van der Waals surface area contributed by atoms with E-state index in [1.54, 1.807) is 6.07 Å². The van der Waals surface area contributed by atoms with Crippen LogP contribution < -0.4 is 15.0 Å². The standard InChI is InChI=1S/C21H25N3O3/c25-19-7-3-2-6-18(19)24-12-10-23(11-13-24)15-21(26)22-17-9-14-27-20-8-4-1-5-16(17)20/h1-8,17,25H,9-15H2,(H,22,26). The fraction of sp³-hybridized carbons (Fsp3) is 0.381. The van der Waals surface area contributed by atoms with Crippen molar-refractivity contribution in [3.8, 4) is 11.5 Å². The number of rotatable bonds is 4. The minimum atomic E-state index is 0.0185. The third-order valence-corrected chi connectivity index (χ3v) is 5.26. The Morgan fingerprint density at radius 3 is 2.63 bits per heavy atom. The monoisotopic (exact) mass is 367 g/mol. The van der Waals surface area contributed by atoms with Gasteiger partial charge in [0.1, 0.15) is 11.5 Å². The number of carbonyl (C=O) groups excluding carboxylic acids is 1. The highest BCUT2D eigenvalue weighted by atomic mass is 16.5. The lowest BCUT2D eigenvalue weighted by molar-refractivity contribution is -0.123. The second-order valence-corrected chi connectivity index (χ2v) is 7.05. The molecule has 6 nitrogen and oxygen atoms in total. The highest BCUT2D eigenvalue weighted by molar-refractivity contribution is 5.78. The van der Waals surface area contributed by atoms with Crippen molar-refractivity contribution >= 4 is 11.6 Å². The largest absolute Gasteiger partial charge is 0.506 e. The molecule has 1 saturated heterocycles. The van der Waals surface area contributed by atoms with E-state index in [4.69, 9.17) is 4.74 Å². The molecule has 1 atom stereocenters. The summed E-state index contributed by atoms with van der Waals surface area (Å²) in [5, 5.41) is 13.2. The van der Waals surface area contributed by atoms with Gasteiger partial charge < -0.3 is 20.1 Å². The van der Waals surface area contributed by atoms with E-state index in [0.717, 1.165) is 49.6 Å². The fourth-order valence-corrected chi connectivity index (χ4v) is 3.81. The zero-order valence-electron chi connectivity index (χ0n) is 15.3. The van der Waals surface area contributed by atoms with Crippen molar-refractivity contribution in [2.45, 2.75) is 12.5 Å². The molecule has 2 N–H and O–H groups in total. The van der Waals surface area contributed by atoms with Gasteiger partial charge in [-0.3, -0.25) is 9.69 Å². The van der Waals surface area contributed by atoms with Crippen molar-refractivity contribution in [1.82, 2.24) is 10.2 Å². The molecule has 1 fully saturated rings. The van der Waals surface area contributed by atoms with Crippen LogP contribution >= 0.6 is 0 Å². The Kier molecular flexibility index (Phi) is 5.16. The zero-order chi connectivity index (χ0) is 18.6. The summed E-state index contributed by atoms with van der Waals surface area (Å²) in [7, 11) is 0. The summed E-state index contributed by atoms with van der Waals surface area (Å²) in [5.74, 6) is 1.22. The maximum atomic E-state index is 12.5. The second-order valence-electron chi connectivity index (χ2n) is 7.05. The predicted octanol–water partition coefficient (Wildman–Crippen LogP) is 2.15. The van der Waals surface area contributed by atoms with Crippen LogP contribution in [0.5, 0.6) is 11.5 Å². The predicted molar refractivity (Wildman–Crippen MR) is 104 cm³/mol. The van der Waals surface area contributed by atoms with Gasteiger partial charge in [-0.2, -0.15) is 0 Å². The van der Waals surface area contributed by atoms with E-state index in [9.17, 15) is 9.90 Å². The number of fused-ring (bicyclic) bond motifs is 1. The molecular weight excluding hydrogens is 342 g/mol. The fourth-order valence-electron chi connectivity index (χ4n) is 3.81. The minimum Gasteiger partial charge on any atom is -0.506 e. The van der Waals surface area contributed by atoms with E-state index in [1.807, 2.05) is 42.5 Å². The Bertz CT molecular complexity index is 803. The second kappa shape index (κ2) is 7.88. The first kappa shape index (κ1) is 17.7. The lowest BCUT2D eigenvalue weighted by Crippen LogP contribution is -2.50. The molecule has 27 heavy (non-hydrogen) atoms. The maximum Gasteiger partial charge on any atom is 0.234 e. The average molecular weight is 367 g/mol. The van der Waals surface area contributed by atoms with Crippen LogP contribution in [-0.4, -0.2) is 55.2 Å². The quantitative estimate of drug-likeness (QED) is 0.867. The van der Waals surface area contributed by atoms with Gasteiger partial charge in [0.05, 0.1) is 24.9 Å². The SMILES string of the molecule is O=C(CN1CCN(c2ccccc2O)CC1)NC1CCOc2ccccc21. The van der Waals surface area contributed by atoms with Gasteiger partial charge in [0.15, 0.2) is 0 Å². The number of anilines is 1. The zero-order valence-corrected chi connectivity index (χ0v) is 15.3. The average Bonchev–Trinajstić information content (AvgIpc) is 2.69. The van der Waals surface area contributed by atoms with Gasteiger partial charge in [0, 0.05) is 38.2 Å². The molecule has 4 rings (SSSR count). The van der Waals surface area contributed by atoms with E-state index >= 15 is 0 Å². The number of carbonyl (C=O) groups is 1. The number of hydrogen-bond donors (Lipinski definition) is 2. The molecule has 0 aromatic heterocycles. The molecule has 6 heteroatoms. The van der Waals surface area contributed by atoms with E-state index in [1.165, 1.54) is 0 Å². The van der Waals surface area contributed by atoms with E-state index in [-0.39, 0.29) is 11.9 Å². The first-order chi connectivity index (χ1) is 13.2. The van der Waals surface area contributed by atoms with Gasteiger partial charge in [-0.1, -0.05) is 30.3 Å². The molecule has 142 valence electrons. The Balaban J connectivity index is 1.30. The summed E-state index contributed by atoms with van der Waals surface area (Å²) < 4.78 is 5.66. The molecule has 2 aromatic rings. The summed E-state index contributed by atoms with van der Waals surface area (Å²) >= 11 is 0. The molecule has 0 spiro atoms. The number of hydrogen-bond acceptors (Lipinski definition) is 5. The van der Waals surface area contributed by atoms with Crippen LogP contribution in [0.1, 0.15) is 18.0 Å². The van der Waals surface area contributed by atoms with Crippen molar-refractivity contribution in [2.24, 2.45) is 0 Å². The molecule has 2 aliphatic rings. The van der Waals surface area contributed by atoms with Crippen molar-refractivity contribution in [2.75, 3.05) is 44.2 Å². The number of nitrogens with zero attached hydrogens (tertiary/aromatic N) is 2. The highest BCUT2D eigenvalue weighted by Crippen LogP contribution is 2.31. The summed E-state index contributed by atoms with van der Waals surface area (Å²) in [4.78, 5) is 16.9. The lowest BCUT2D eigenvalue weighted by Gasteiger charge is -2.36. The number of amides is 1. The van der Waals surface area contributed by atoms with Gasteiger partial charge in [-0.05, 0) is 18.2 Å². The van der Waals surface area contributed by atoms with Crippen molar-refractivity contribution in [3.63, 3.8) is 0 Å². The molecule has 2 heterocycles. The Hall–Kier alpha value is -2.73. The Labute approximate surface area is 159 Å². The first-order valence-electron chi connectivity index (χ1n) is 9.47. The molecule has 1 unspecified atom stereocenters. The highest BCUT2D eigenvalue weighted by Gasteiger charge is 2.25. The first-order valence-corrected chi connectivity index (χ1v) is 9.47. The van der Waals surface area contributed by atoms with E-state index in [2.05, 4.69) is 15.1 Å². The third kappa shape index (κ3) is 4.01. The van der Waals surface area contributed by atoms with Gasteiger partial charge in [0.2, 0.25) is 5.91 Å². The summed E-state index contributed by atoms with van der Waals surface area (Å²) in [5.41, 5.74) is 1.92. The number of nitrogens with one attached hydrogen (secondary N) is 1. The minimum absolute atomic E-state index is 0.0185. The van der Waals surface area contributed by atoms with Gasteiger partial charge in [-0.15, -0.1) is 0 Å². The van der Waals surface area contributed by atoms with Crippen LogP contribution in [0.3, 0.4) is 0 Å². The maximum absolute atomic E-state index is 12.5. The lowest BCUT2D eigenvalue weighted by atomic mass is 10.0. The Morgan fingerprint density at radius 2 is 1.81 bits per heavy atom. The molecule has 1 amide bonds. The van der Waals surface area contributed by atoms with Crippen LogP contribution in [0.2, 0.25) is 0 Å². The van der Waals surface area contributed by atoms with Crippen LogP contribution in [-0.2, 0) is 4.79 Å². The normalized spacial score (nSPS) is 19.9. The molecule has 0 bridgehead atoms. The Morgan fingerprint density at radius 1 is 1.07 bits per heavy atom. The summed E-state index contributed by atoms with van der Waals surface area (Å²) in [6, 6.07) is 15.3. The number of benzene rings is 2. The smallest absolute Gasteiger partial charge is 0.234 e. The number of ether oxygens (including phenoxy) is 1. The topological polar surface area (TPSA) is 65.0 Å². The molecular formula is C21H25N3O3. The van der Waals surface area contributed by atoms with Crippen molar-refractivity contribution in [3.05, 3.63) is 54.1 Å². The van der Waals surface area contributed by atoms with Crippen LogP contribution in [0.15, 0.2) is 48.5 Å². The van der Waals surface area contributed by atoms with Crippen LogP contribution in [0.25, 0.3) is 0 Å². The van der Waals surface area contributed by atoms with Gasteiger partial charge in [0.25, 0.3) is 0 Å². The number of phenolic OH excluding ortho intramolecular Hbond substituents is 1. The summed E-state index contributed by atoms with van der Waals surface area (Å²) in [6.07, 6.45) is 0.795. The summed E-state index contributed by atoms with van der Waals surface area (Å²) in [6.45, 7) is 4.21. The number of phenols is 1. The van der Waals surface area contributed by atoms with Gasteiger partial charge in [-0.25, -0.2) is 0 Å².